The number of fused-ring (bicyclic) bond motifs is 5. The molecule has 0 unspecified atom stereocenters. The number of alkyl carbamates (subject to hydrolysis) is 1. The van der Waals surface area contributed by atoms with Crippen molar-refractivity contribution in [1.29, 1.82) is 0 Å². The highest BCUT2D eigenvalue weighted by atomic mass is 33.1. The molecule has 0 radical (unpaired) electrons. The summed E-state index contributed by atoms with van der Waals surface area (Å²) in [6.07, 6.45) is -2.36. The molecule has 306 valence electrons. The molecule has 1 saturated heterocycles. The lowest BCUT2D eigenvalue weighted by Gasteiger charge is -2.65. The van der Waals surface area contributed by atoms with E-state index in [1.165, 1.54) is 13.2 Å². The average molecular weight is 810 g/mol. The van der Waals surface area contributed by atoms with Crippen molar-refractivity contribution in [3.63, 3.8) is 0 Å². The van der Waals surface area contributed by atoms with Gasteiger partial charge in [-0.2, -0.15) is 0 Å². The fraction of sp³-hybridized carbons (Fsp3) is 0.718. The van der Waals surface area contributed by atoms with Gasteiger partial charge in [-0.1, -0.05) is 35.4 Å². The number of furan rings is 1. The number of nitrogens with one attached hydrogen (secondary N) is 1. The van der Waals surface area contributed by atoms with Crippen molar-refractivity contribution in [2.24, 2.45) is 16.7 Å². The highest BCUT2D eigenvalue weighted by molar-refractivity contribution is 8.76. The molecule has 0 aromatic carbocycles. The summed E-state index contributed by atoms with van der Waals surface area (Å²) in [5.41, 5.74) is -6.17. The summed E-state index contributed by atoms with van der Waals surface area (Å²) >= 11 is 0. The minimum Gasteiger partial charge on any atom is -0.467 e. The quantitative estimate of drug-likeness (QED) is 0.0799. The lowest BCUT2D eigenvalue weighted by molar-refractivity contribution is -0.327. The van der Waals surface area contributed by atoms with E-state index in [4.69, 9.17) is 28.1 Å². The average Bonchev–Trinajstić information content (AvgIpc) is 3.61. The second-order valence-corrected chi connectivity index (χ2v) is 19.5. The molecule has 5 rings (SSSR count). The van der Waals surface area contributed by atoms with Gasteiger partial charge in [0.25, 0.3) is 0 Å². The summed E-state index contributed by atoms with van der Waals surface area (Å²) < 4.78 is 35.0. The lowest BCUT2D eigenvalue weighted by atomic mass is 9.46. The van der Waals surface area contributed by atoms with Crippen LogP contribution in [0.4, 0.5) is 4.79 Å². The summed E-state index contributed by atoms with van der Waals surface area (Å²) in [5.74, 6) is -2.65. The normalized spacial score (nSPS) is 33.1. The molecule has 3 aliphatic carbocycles. The highest BCUT2D eigenvalue weighted by Gasteiger charge is 2.74. The third kappa shape index (κ3) is 8.35. The monoisotopic (exact) mass is 809 g/mol. The number of hydrogen-bond acceptors (Lipinski definition) is 15. The molecule has 2 bridgehead atoms. The molecule has 3 fully saturated rings. The largest absolute Gasteiger partial charge is 0.467 e. The van der Waals surface area contributed by atoms with Crippen LogP contribution in [0.25, 0.3) is 0 Å². The highest BCUT2D eigenvalue weighted by Crippen LogP contribution is 2.63. The molecular formula is C39H55NO13S2. The maximum atomic E-state index is 15.2. The number of Topliss-reactive ketones (excluding diaryl/α,β-unsaturated/α-hetero) is 1. The zero-order valence-electron chi connectivity index (χ0n) is 33.1. The first-order valence-corrected chi connectivity index (χ1v) is 21.4. The van der Waals surface area contributed by atoms with Crippen molar-refractivity contribution in [2.75, 3.05) is 18.6 Å². The molecule has 1 aliphatic heterocycles. The Bertz CT molecular complexity index is 1670. The van der Waals surface area contributed by atoms with Gasteiger partial charge in [0.15, 0.2) is 17.5 Å². The predicted octanol–water partition coefficient (Wildman–Crippen LogP) is 5.39. The van der Waals surface area contributed by atoms with E-state index in [1.807, 2.05) is 6.26 Å². The summed E-state index contributed by atoms with van der Waals surface area (Å²) in [6, 6.07) is 2.24. The third-order valence-electron chi connectivity index (χ3n) is 11.9. The fourth-order valence-electron chi connectivity index (χ4n) is 8.88. The fourth-order valence-corrected chi connectivity index (χ4v) is 10.2. The number of ketones is 1. The zero-order chi connectivity index (χ0) is 40.7. The molecule has 1 amide bonds. The van der Waals surface area contributed by atoms with Crippen LogP contribution in [0.3, 0.4) is 0 Å². The van der Waals surface area contributed by atoms with Gasteiger partial charge >= 0.3 is 24.0 Å². The molecule has 3 N–H and O–H groups in total. The summed E-state index contributed by atoms with van der Waals surface area (Å²) in [5, 5.41) is 27.5. The molecule has 2 saturated carbocycles. The Morgan fingerprint density at radius 1 is 1.11 bits per heavy atom. The van der Waals surface area contributed by atoms with Crippen molar-refractivity contribution in [1.82, 2.24) is 5.32 Å². The van der Waals surface area contributed by atoms with Crippen LogP contribution in [-0.4, -0.2) is 99.8 Å². The molecule has 14 nitrogen and oxygen atoms in total. The van der Waals surface area contributed by atoms with Crippen molar-refractivity contribution in [3.05, 3.63) is 35.3 Å². The number of aliphatic hydroxyl groups is 2. The summed E-state index contributed by atoms with van der Waals surface area (Å²) in [7, 11) is 3.15. The van der Waals surface area contributed by atoms with Crippen LogP contribution in [0.2, 0.25) is 0 Å². The van der Waals surface area contributed by atoms with Gasteiger partial charge in [-0.25, -0.2) is 4.79 Å². The molecule has 55 heavy (non-hydrogen) atoms. The van der Waals surface area contributed by atoms with E-state index < -0.39 is 93.8 Å². The number of rotatable bonds is 12. The first-order chi connectivity index (χ1) is 25.6. The molecule has 4 aliphatic rings. The van der Waals surface area contributed by atoms with Crippen LogP contribution in [0.5, 0.6) is 0 Å². The van der Waals surface area contributed by atoms with Crippen LogP contribution in [0.15, 0.2) is 34.0 Å². The molecule has 16 heteroatoms. The standard InChI is InChI=1S/C39H55NO13S2/c1-21-25(50-30(44)16-23(24-12-10-14-48-24)40-34(46)53-35(3,4)5)18-38(47)19-26-37(8,27(42)17-28-39(26,20-49-28)52-22(2)41)33(45)32(31(21)36(38,6)7)51-29(43)13-11-15-55-54-9/h10,12,14,23,25-28,32,42,47H,11,13,15-20H2,1-9H3,(H,40,46)/t23-,25+,26+,27+,28-,32-,37+,38-,39-/m1/s1. The number of aliphatic hydroxyl groups excluding tert-OH is 1. The van der Waals surface area contributed by atoms with Crippen molar-refractivity contribution in [2.45, 2.75) is 141 Å². The number of amides is 1. The minimum absolute atomic E-state index is 0.0155. The lowest BCUT2D eigenvalue weighted by Crippen LogP contribution is -2.77. The Morgan fingerprint density at radius 2 is 1.82 bits per heavy atom. The smallest absolute Gasteiger partial charge is 0.408 e. The van der Waals surface area contributed by atoms with Crippen molar-refractivity contribution < 1.29 is 62.3 Å². The van der Waals surface area contributed by atoms with Crippen LogP contribution in [0, 0.1) is 16.7 Å². The van der Waals surface area contributed by atoms with E-state index in [9.17, 15) is 29.4 Å². The van der Waals surface area contributed by atoms with Crippen LogP contribution >= 0.6 is 21.6 Å². The summed E-state index contributed by atoms with van der Waals surface area (Å²) in [6.45, 7) is 13.1. The van der Waals surface area contributed by atoms with E-state index in [0.29, 0.717) is 17.7 Å². The van der Waals surface area contributed by atoms with E-state index in [1.54, 1.807) is 82.2 Å². The Hall–Kier alpha value is -3.05. The zero-order valence-corrected chi connectivity index (χ0v) is 34.7. The minimum atomic E-state index is -1.77. The van der Waals surface area contributed by atoms with Gasteiger partial charge in [-0.05, 0) is 77.0 Å². The molecule has 0 spiro atoms. The van der Waals surface area contributed by atoms with Crippen LogP contribution in [-0.2, 0) is 42.9 Å². The Balaban J connectivity index is 1.56. The number of hydrogen-bond donors (Lipinski definition) is 3. The van der Waals surface area contributed by atoms with Crippen LogP contribution < -0.4 is 5.32 Å². The second kappa shape index (κ2) is 16.1. The van der Waals surface area contributed by atoms with Gasteiger partial charge in [0, 0.05) is 43.3 Å². The SMILES string of the molecule is CSSCCCC(=O)O[C@H]1C(=O)[C@@]2(C)[C@H](C[C@]3(O)C[C@H](OC(=O)C[C@@H](NC(=O)OC(C)(C)C)c4ccco4)C(C)=C1C3(C)C)[C@]1(OC(C)=O)CO[C@@H]1C[C@@H]2O. The predicted molar refractivity (Wildman–Crippen MR) is 203 cm³/mol. The molecule has 9 atom stereocenters. The second-order valence-electron chi connectivity index (χ2n) is 16.8. The molecule has 2 heterocycles. The molecule has 1 aromatic rings. The van der Waals surface area contributed by atoms with E-state index in [-0.39, 0.29) is 50.0 Å². The first-order valence-electron chi connectivity index (χ1n) is 18.6. The van der Waals surface area contributed by atoms with E-state index >= 15 is 4.79 Å². The van der Waals surface area contributed by atoms with E-state index in [2.05, 4.69) is 5.32 Å². The van der Waals surface area contributed by atoms with Crippen LogP contribution in [0.1, 0.15) is 106 Å². The van der Waals surface area contributed by atoms with Gasteiger partial charge in [-0.15, -0.1) is 0 Å². The number of ether oxygens (including phenoxy) is 5. The third-order valence-corrected chi connectivity index (χ3v) is 13.8. The van der Waals surface area contributed by atoms with Gasteiger partial charge in [0.1, 0.15) is 29.6 Å². The number of carbonyl (C=O) groups is 5. The first kappa shape index (κ1) is 43.1. The van der Waals surface area contributed by atoms with Gasteiger partial charge < -0.3 is 43.6 Å². The number of carbonyl (C=O) groups excluding carboxylic acids is 5. The van der Waals surface area contributed by atoms with Gasteiger partial charge in [0.05, 0.1) is 36.4 Å². The Labute approximate surface area is 329 Å². The van der Waals surface area contributed by atoms with Crippen molar-refractivity contribution >= 4 is 51.4 Å². The van der Waals surface area contributed by atoms with E-state index in [0.717, 1.165) is 0 Å². The topological polar surface area (TPSA) is 197 Å². The van der Waals surface area contributed by atoms with Crippen molar-refractivity contribution in [3.8, 4) is 0 Å². The maximum Gasteiger partial charge on any atom is 0.408 e. The molecular weight excluding hydrogens is 755 g/mol. The maximum absolute atomic E-state index is 15.2. The Morgan fingerprint density at radius 3 is 2.40 bits per heavy atom. The molecule has 1 aromatic heterocycles. The summed E-state index contributed by atoms with van der Waals surface area (Å²) in [4.78, 5) is 68.0. The van der Waals surface area contributed by atoms with Gasteiger partial charge in [0.2, 0.25) is 0 Å². The number of esters is 3. The Kier molecular flexibility index (Phi) is 12.6. The van der Waals surface area contributed by atoms with Gasteiger partial charge in [-0.3, -0.25) is 19.2 Å².